The molecule has 0 atom stereocenters. The molecule has 3 aromatic rings. The third-order valence-electron chi connectivity index (χ3n) is 4.27. The number of hydrogen-bond donors (Lipinski definition) is 0. The molecule has 0 aliphatic carbocycles. The van der Waals surface area contributed by atoms with Crippen molar-refractivity contribution >= 4 is 10.8 Å². The number of hydrogen-bond acceptors (Lipinski definition) is 3. The summed E-state index contributed by atoms with van der Waals surface area (Å²) >= 11 is 0. The van der Waals surface area contributed by atoms with Crippen molar-refractivity contribution in [3.8, 4) is 28.4 Å². The van der Waals surface area contributed by atoms with Crippen molar-refractivity contribution in [3.63, 3.8) is 0 Å². The van der Waals surface area contributed by atoms with E-state index in [0.717, 1.165) is 16.9 Å². The van der Waals surface area contributed by atoms with E-state index >= 15 is 0 Å². The first-order valence-electron chi connectivity index (χ1n) is 9.21. The second-order valence-corrected chi connectivity index (χ2v) is 6.17. The first kappa shape index (κ1) is 20.6. The SMILES string of the molecule is CC=CCOc1ccc(-c2ccc3c(F)c(OCC)c(OC(F)F)cc3c2)cc1. The zero-order valence-corrected chi connectivity index (χ0v) is 16.1. The van der Waals surface area contributed by atoms with Crippen molar-refractivity contribution in [2.75, 3.05) is 13.2 Å². The van der Waals surface area contributed by atoms with Crippen molar-refractivity contribution in [2.24, 2.45) is 0 Å². The Hall–Kier alpha value is -3.15. The number of rotatable bonds is 8. The molecule has 29 heavy (non-hydrogen) atoms. The molecule has 0 spiro atoms. The highest BCUT2D eigenvalue weighted by Gasteiger charge is 2.19. The largest absolute Gasteiger partial charge is 0.490 e. The molecule has 3 nitrogen and oxygen atoms in total. The fourth-order valence-corrected chi connectivity index (χ4v) is 2.95. The lowest BCUT2D eigenvalue weighted by atomic mass is 10.0. The minimum Gasteiger partial charge on any atom is -0.490 e. The number of halogens is 3. The van der Waals surface area contributed by atoms with Crippen LogP contribution in [-0.2, 0) is 0 Å². The lowest BCUT2D eigenvalue weighted by molar-refractivity contribution is -0.0515. The molecule has 6 heteroatoms. The predicted molar refractivity (Wildman–Crippen MR) is 107 cm³/mol. The van der Waals surface area contributed by atoms with Gasteiger partial charge in [0, 0.05) is 5.39 Å². The van der Waals surface area contributed by atoms with Crippen LogP contribution < -0.4 is 14.2 Å². The summed E-state index contributed by atoms with van der Waals surface area (Å²) in [6.07, 6.45) is 3.81. The van der Waals surface area contributed by atoms with Gasteiger partial charge in [0.15, 0.2) is 17.3 Å². The highest BCUT2D eigenvalue weighted by Crippen LogP contribution is 2.39. The van der Waals surface area contributed by atoms with E-state index < -0.39 is 12.4 Å². The Labute approximate surface area is 167 Å². The third-order valence-corrected chi connectivity index (χ3v) is 4.27. The number of allylic oxidation sites excluding steroid dienone is 1. The third kappa shape index (κ3) is 4.83. The zero-order valence-electron chi connectivity index (χ0n) is 16.1. The molecule has 0 bridgehead atoms. The summed E-state index contributed by atoms with van der Waals surface area (Å²) in [4.78, 5) is 0. The zero-order chi connectivity index (χ0) is 20.8. The smallest absolute Gasteiger partial charge is 0.387 e. The van der Waals surface area contributed by atoms with Crippen LogP contribution in [-0.4, -0.2) is 19.8 Å². The van der Waals surface area contributed by atoms with E-state index in [1.807, 2.05) is 43.3 Å². The molecule has 0 saturated carbocycles. The lowest BCUT2D eigenvalue weighted by Gasteiger charge is -2.14. The molecule has 3 rings (SSSR count). The highest BCUT2D eigenvalue weighted by molar-refractivity contribution is 5.90. The van der Waals surface area contributed by atoms with E-state index in [1.54, 1.807) is 25.1 Å². The highest BCUT2D eigenvalue weighted by atomic mass is 19.3. The second-order valence-electron chi connectivity index (χ2n) is 6.17. The van der Waals surface area contributed by atoms with E-state index in [4.69, 9.17) is 9.47 Å². The van der Waals surface area contributed by atoms with Gasteiger partial charge in [0.2, 0.25) is 0 Å². The van der Waals surface area contributed by atoms with Gasteiger partial charge in [-0.05, 0) is 54.6 Å². The van der Waals surface area contributed by atoms with E-state index in [2.05, 4.69) is 4.74 Å². The van der Waals surface area contributed by atoms with E-state index in [9.17, 15) is 13.2 Å². The summed E-state index contributed by atoms with van der Waals surface area (Å²) in [6, 6.07) is 13.9. The van der Waals surface area contributed by atoms with Gasteiger partial charge < -0.3 is 14.2 Å². The van der Waals surface area contributed by atoms with Gasteiger partial charge in [0.05, 0.1) is 6.61 Å². The van der Waals surface area contributed by atoms with Crippen molar-refractivity contribution in [1.29, 1.82) is 0 Å². The molecular weight excluding hydrogens is 381 g/mol. The fraction of sp³-hybridized carbons (Fsp3) is 0.217. The summed E-state index contributed by atoms with van der Waals surface area (Å²) in [5.41, 5.74) is 1.69. The maximum Gasteiger partial charge on any atom is 0.387 e. The van der Waals surface area contributed by atoms with Crippen LogP contribution in [0.1, 0.15) is 13.8 Å². The van der Waals surface area contributed by atoms with Crippen LogP contribution in [0.3, 0.4) is 0 Å². The van der Waals surface area contributed by atoms with Gasteiger partial charge in [-0.1, -0.05) is 36.4 Å². The number of ether oxygens (including phenoxy) is 3. The Morgan fingerprint density at radius 2 is 1.69 bits per heavy atom. The van der Waals surface area contributed by atoms with Gasteiger partial charge in [-0.2, -0.15) is 8.78 Å². The first-order valence-corrected chi connectivity index (χ1v) is 9.21. The van der Waals surface area contributed by atoms with Crippen LogP contribution >= 0.6 is 0 Å². The molecule has 0 heterocycles. The minimum absolute atomic E-state index is 0.128. The normalized spacial score (nSPS) is 11.4. The Bertz CT molecular complexity index is 998. The fourth-order valence-electron chi connectivity index (χ4n) is 2.95. The molecule has 3 aromatic carbocycles. The molecule has 0 amide bonds. The maximum atomic E-state index is 14.8. The summed E-state index contributed by atoms with van der Waals surface area (Å²) < 4.78 is 55.6. The summed E-state index contributed by atoms with van der Waals surface area (Å²) in [5.74, 6) is -0.626. The Kier molecular flexibility index (Phi) is 6.65. The van der Waals surface area contributed by atoms with Crippen LogP contribution in [0, 0.1) is 5.82 Å². The van der Waals surface area contributed by atoms with Crippen molar-refractivity contribution < 1.29 is 27.4 Å². The predicted octanol–water partition coefficient (Wildman–Crippen LogP) is 6.60. The summed E-state index contributed by atoms with van der Waals surface area (Å²) in [7, 11) is 0. The van der Waals surface area contributed by atoms with Gasteiger partial charge in [-0.15, -0.1) is 0 Å². The average Bonchev–Trinajstić information content (AvgIpc) is 2.71. The van der Waals surface area contributed by atoms with Gasteiger partial charge in [0.1, 0.15) is 12.4 Å². The van der Waals surface area contributed by atoms with Gasteiger partial charge >= 0.3 is 6.61 Å². The lowest BCUT2D eigenvalue weighted by Crippen LogP contribution is -2.06. The second kappa shape index (κ2) is 9.37. The van der Waals surface area contributed by atoms with Crippen molar-refractivity contribution in [2.45, 2.75) is 20.5 Å². The van der Waals surface area contributed by atoms with Crippen LogP contribution in [0.2, 0.25) is 0 Å². The molecule has 0 aliphatic heterocycles. The average molecular weight is 402 g/mol. The summed E-state index contributed by atoms with van der Waals surface area (Å²) in [6.45, 7) is 1.10. The molecule has 0 aliphatic rings. The van der Waals surface area contributed by atoms with Crippen molar-refractivity contribution in [1.82, 2.24) is 0 Å². The molecule has 0 aromatic heterocycles. The summed E-state index contributed by atoms with van der Waals surface area (Å²) in [5, 5.41) is 0.706. The van der Waals surface area contributed by atoms with Crippen LogP contribution in [0.4, 0.5) is 13.2 Å². The Morgan fingerprint density at radius 3 is 2.34 bits per heavy atom. The van der Waals surface area contributed by atoms with E-state index in [-0.39, 0.29) is 23.5 Å². The molecule has 0 unspecified atom stereocenters. The molecule has 152 valence electrons. The molecule has 0 radical (unpaired) electrons. The monoisotopic (exact) mass is 402 g/mol. The first-order chi connectivity index (χ1) is 14.0. The minimum atomic E-state index is -3.08. The van der Waals surface area contributed by atoms with E-state index in [0.29, 0.717) is 12.0 Å². The van der Waals surface area contributed by atoms with Crippen LogP contribution in [0.25, 0.3) is 21.9 Å². The molecule has 0 saturated heterocycles. The molecule has 0 N–H and O–H groups in total. The molecular formula is C23H21F3O3. The van der Waals surface area contributed by atoms with Gasteiger partial charge in [-0.25, -0.2) is 4.39 Å². The standard InChI is InChI=1S/C23H21F3O3/c1-3-5-12-28-18-9-6-15(7-10-18)16-8-11-19-17(13-16)14-20(29-23(25)26)22(21(19)24)27-4-2/h3,5-11,13-14,23H,4,12H2,1-2H3. The van der Waals surface area contributed by atoms with Gasteiger partial charge in [-0.3, -0.25) is 0 Å². The topological polar surface area (TPSA) is 27.7 Å². The van der Waals surface area contributed by atoms with Crippen LogP contribution in [0.15, 0.2) is 60.7 Å². The quantitative estimate of drug-likeness (QED) is 0.397. The number of fused-ring (bicyclic) bond motifs is 1. The molecule has 0 fully saturated rings. The maximum absolute atomic E-state index is 14.8. The Morgan fingerprint density at radius 1 is 0.966 bits per heavy atom. The van der Waals surface area contributed by atoms with E-state index in [1.165, 1.54) is 6.07 Å². The van der Waals surface area contributed by atoms with Crippen LogP contribution in [0.5, 0.6) is 17.2 Å². The van der Waals surface area contributed by atoms with Gasteiger partial charge in [0.25, 0.3) is 0 Å². The number of benzene rings is 3. The van der Waals surface area contributed by atoms with Crippen molar-refractivity contribution in [3.05, 3.63) is 66.5 Å². The number of alkyl halides is 2. The Balaban J connectivity index is 1.97.